The molecule has 0 N–H and O–H groups in total. The fourth-order valence-corrected chi connectivity index (χ4v) is 0.641. The van der Waals surface area contributed by atoms with Gasteiger partial charge in [-0.2, -0.15) is 0 Å². The zero-order valence-electron chi connectivity index (χ0n) is 5.57. The number of carbonyl (C=O) groups is 2. The molecule has 4 heteroatoms. The van der Waals surface area contributed by atoms with Crippen LogP contribution in [0.25, 0.3) is 0 Å². The molecule has 1 aliphatic heterocycles. The van der Waals surface area contributed by atoms with E-state index >= 15 is 0 Å². The first-order valence-corrected chi connectivity index (χ1v) is 3.07. The van der Waals surface area contributed by atoms with Crippen LogP contribution in [-0.4, -0.2) is 31.1 Å². The molecule has 0 aliphatic carbocycles. The standard InChI is InChI=1S/C6H8O4/c1-2-9-6(8)5-4(3-7)10-5/h3-5H,2H2,1H3/t4-,5+/m0/s1. The van der Waals surface area contributed by atoms with Gasteiger partial charge in [0.05, 0.1) is 6.61 Å². The van der Waals surface area contributed by atoms with Gasteiger partial charge in [0.1, 0.15) is 0 Å². The smallest absolute Gasteiger partial charge is 0.338 e. The van der Waals surface area contributed by atoms with Gasteiger partial charge >= 0.3 is 5.97 Å². The van der Waals surface area contributed by atoms with Gasteiger partial charge in [-0.25, -0.2) is 4.79 Å². The summed E-state index contributed by atoms with van der Waals surface area (Å²) in [5.41, 5.74) is 0. The van der Waals surface area contributed by atoms with Gasteiger partial charge in [-0.3, -0.25) is 0 Å². The summed E-state index contributed by atoms with van der Waals surface area (Å²) in [4.78, 5) is 20.6. The first kappa shape index (κ1) is 7.21. The van der Waals surface area contributed by atoms with E-state index < -0.39 is 18.2 Å². The van der Waals surface area contributed by atoms with Crippen molar-refractivity contribution in [3.8, 4) is 0 Å². The summed E-state index contributed by atoms with van der Waals surface area (Å²) in [6, 6.07) is 0. The quantitative estimate of drug-likeness (QED) is 0.305. The van der Waals surface area contributed by atoms with Crippen molar-refractivity contribution in [2.75, 3.05) is 6.61 Å². The average Bonchev–Trinajstić information content (AvgIpc) is 2.66. The fourth-order valence-electron chi connectivity index (χ4n) is 0.641. The highest BCUT2D eigenvalue weighted by molar-refractivity contribution is 5.84. The minimum absolute atomic E-state index is 0.324. The van der Waals surface area contributed by atoms with E-state index in [1.165, 1.54) is 0 Å². The Labute approximate surface area is 58.1 Å². The molecule has 0 bridgehead atoms. The molecule has 0 unspecified atom stereocenters. The summed E-state index contributed by atoms with van der Waals surface area (Å²) < 4.78 is 9.21. The summed E-state index contributed by atoms with van der Waals surface area (Å²) in [6.07, 6.45) is -0.585. The van der Waals surface area contributed by atoms with E-state index in [0.29, 0.717) is 12.9 Å². The number of hydrogen-bond donors (Lipinski definition) is 0. The van der Waals surface area contributed by atoms with E-state index in [-0.39, 0.29) is 0 Å². The third-order valence-electron chi connectivity index (χ3n) is 1.18. The van der Waals surface area contributed by atoms with Crippen molar-refractivity contribution in [1.82, 2.24) is 0 Å². The van der Waals surface area contributed by atoms with Crippen LogP contribution in [-0.2, 0) is 19.1 Å². The molecule has 0 radical (unpaired) electrons. The minimum atomic E-state index is -0.627. The fraction of sp³-hybridized carbons (Fsp3) is 0.667. The second-order valence-electron chi connectivity index (χ2n) is 1.91. The Hall–Kier alpha value is -0.900. The van der Waals surface area contributed by atoms with E-state index in [0.717, 1.165) is 0 Å². The normalized spacial score (nSPS) is 29.3. The Morgan fingerprint density at radius 2 is 2.50 bits per heavy atom. The third-order valence-corrected chi connectivity index (χ3v) is 1.18. The lowest BCUT2D eigenvalue weighted by Crippen LogP contribution is -2.13. The molecular weight excluding hydrogens is 136 g/mol. The largest absolute Gasteiger partial charge is 0.464 e. The van der Waals surface area contributed by atoms with Gasteiger partial charge in [0.2, 0.25) is 0 Å². The number of ether oxygens (including phenoxy) is 2. The van der Waals surface area contributed by atoms with Crippen LogP contribution in [0.1, 0.15) is 6.92 Å². The van der Waals surface area contributed by atoms with Gasteiger partial charge < -0.3 is 14.3 Å². The molecule has 1 rings (SSSR count). The lowest BCUT2D eigenvalue weighted by molar-refractivity contribution is -0.144. The van der Waals surface area contributed by atoms with Crippen molar-refractivity contribution in [3.63, 3.8) is 0 Å². The first-order chi connectivity index (χ1) is 4.79. The van der Waals surface area contributed by atoms with Crippen LogP contribution in [0.15, 0.2) is 0 Å². The van der Waals surface area contributed by atoms with Crippen molar-refractivity contribution < 1.29 is 19.1 Å². The maximum Gasteiger partial charge on any atom is 0.338 e. The molecular formula is C6H8O4. The molecule has 1 aliphatic rings. The van der Waals surface area contributed by atoms with Gasteiger partial charge in [0.25, 0.3) is 0 Å². The molecule has 2 atom stereocenters. The third kappa shape index (κ3) is 1.33. The molecule has 0 aromatic heterocycles. The van der Waals surface area contributed by atoms with E-state index in [4.69, 9.17) is 0 Å². The number of esters is 1. The van der Waals surface area contributed by atoms with Crippen LogP contribution in [0.4, 0.5) is 0 Å². The zero-order chi connectivity index (χ0) is 7.56. The Kier molecular flexibility index (Phi) is 2.01. The van der Waals surface area contributed by atoms with Gasteiger partial charge in [-0.1, -0.05) is 0 Å². The van der Waals surface area contributed by atoms with Gasteiger partial charge in [0, 0.05) is 0 Å². The Morgan fingerprint density at radius 1 is 1.80 bits per heavy atom. The van der Waals surface area contributed by atoms with Gasteiger partial charge in [-0.15, -0.1) is 0 Å². The van der Waals surface area contributed by atoms with Crippen LogP contribution in [0.5, 0.6) is 0 Å². The van der Waals surface area contributed by atoms with Crippen LogP contribution in [0, 0.1) is 0 Å². The Balaban J connectivity index is 2.25. The molecule has 1 saturated heterocycles. The molecule has 4 nitrogen and oxygen atoms in total. The summed E-state index contributed by atoms with van der Waals surface area (Å²) in [5.74, 6) is -0.445. The van der Waals surface area contributed by atoms with Crippen molar-refractivity contribution in [2.24, 2.45) is 0 Å². The second kappa shape index (κ2) is 2.79. The monoisotopic (exact) mass is 144 g/mol. The summed E-state index contributed by atoms with van der Waals surface area (Å²) in [7, 11) is 0. The maximum absolute atomic E-state index is 10.7. The topological polar surface area (TPSA) is 55.9 Å². The molecule has 10 heavy (non-hydrogen) atoms. The molecule has 1 fully saturated rings. The molecule has 0 saturated carbocycles. The van der Waals surface area contributed by atoms with E-state index in [1.807, 2.05) is 0 Å². The zero-order valence-corrected chi connectivity index (χ0v) is 5.57. The van der Waals surface area contributed by atoms with E-state index in [1.54, 1.807) is 6.92 Å². The van der Waals surface area contributed by atoms with Gasteiger partial charge in [-0.05, 0) is 6.92 Å². The minimum Gasteiger partial charge on any atom is -0.464 e. The predicted octanol–water partition coefficient (Wildman–Crippen LogP) is -0.484. The van der Waals surface area contributed by atoms with Crippen molar-refractivity contribution in [2.45, 2.75) is 19.1 Å². The number of rotatable bonds is 3. The van der Waals surface area contributed by atoms with E-state index in [9.17, 15) is 9.59 Å². The lowest BCUT2D eigenvalue weighted by atomic mass is 10.3. The Morgan fingerprint density at radius 3 is 2.90 bits per heavy atom. The van der Waals surface area contributed by atoms with Crippen molar-refractivity contribution in [3.05, 3.63) is 0 Å². The summed E-state index contributed by atoms with van der Waals surface area (Å²) in [5, 5.41) is 0. The number of aldehydes is 1. The summed E-state index contributed by atoms with van der Waals surface area (Å²) >= 11 is 0. The number of epoxide rings is 1. The summed E-state index contributed by atoms with van der Waals surface area (Å²) in [6.45, 7) is 2.03. The first-order valence-electron chi connectivity index (χ1n) is 3.07. The lowest BCUT2D eigenvalue weighted by Gasteiger charge is -1.94. The molecule has 0 aromatic carbocycles. The van der Waals surface area contributed by atoms with Crippen molar-refractivity contribution in [1.29, 1.82) is 0 Å². The highest BCUT2D eigenvalue weighted by atomic mass is 16.6. The second-order valence-corrected chi connectivity index (χ2v) is 1.91. The predicted molar refractivity (Wildman–Crippen MR) is 31.4 cm³/mol. The molecule has 0 amide bonds. The number of carbonyl (C=O) groups excluding carboxylic acids is 2. The van der Waals surface area contributed by atoms with E-state index in [2.05, 4.69) is 9.47 Å². The highest BCUT2D eigenvalue weighted by Crippen LogP contribution is 2.20. The Bertz CT molecular complexity index is 154. The van der Waals surface area contributed by atoms with Crippen LogP contribution in [0.3, 0.4) is 0 Å². The van der Waals surface area contributed by atoms with Gasteiger partial charge in [0.15, 0.2) is 18.5 Å². The van der Waals surface area contributed by atoms with Crippen LogP contribution >= 0.6 is 0 Å². The average molecular weight is 144 g/mol. The molecule has 56 valence electrons. The van der Waals surface area contributed by atoms with Crippen LogP contribution < -0.4 is 0 Å². The maximum atomic E-state index is 10.7. The van der Waals surface area contributed by atoms with Crippen LogP contribution in [0.2, 0.25) is 0 Å². The molecule has 0 aromatic rings. The number of hydrogen-bond acceptors (Lipinski definition) is 4. The highest BCUT2D eigenvalue weighted by Gasteiger charge is 2.46. The van der Waals surface area contributed by atoms with Crippen molar-refractivity contribution >= 4 is 12.3 Å². The molecule has 0 spiro atoms. The SMILES string of the molecule is CCOC(=O)[C@@H]1O[C@H]1C=O. The molecule has 1 heterocycles.